The number of benzene rings is 1. The molecule has 152 valence electrons. The first-order valence-electron chi connectivity index (χ1n) is 8.67. The van der Waals surface area contributed by atoms with Gasteiger partial charge < -0.3 is 30.0 Å². The van der Waals surface area contributed by atoms with E-state index < -0.39 is 11.6 Å². The van der Waals surface area contributed by atoms with Gasteiger partial charge in [0.15, 0.2) is 28.9 Å². The third-order valence-electron chi connectivity index (χ3n) is 4.40. The lowest BCUT2D eigenvalue weighted by molar-refractivity contribution is 0.0766. The van der Waals surface area contributed by atoms with Crippen LogP contribution in [0.25, 0.3) is 0 Å². The van der Waals surface area contributed by atoms with Crippen LogP contribution in [-0.4, -0.2) is 49.5 Å². The lowest BCUT2D eigenvalue weighted by atomic mass is 10.1. The average Bonchev–Trinajstić information content (AvgIpc) is 2.71. The summed E-state index contributed by atoms with van der Waals surface area (Å²) in [7, 11) is 2.56. The van der Waals surface area contributed by atoms with Gasteiger partial charge in [0.05, 0.1) is 44.8 Å². The Morgan fingerprint density at radius 2 is 1.82 bits per heavy atom. The Bertz CT molecular complexity index is 779. The van der Waals surface area contributed by atoms with Crippen LogP contribution < -0.4 is 25.3 Å². The van der Waals surface area contributed by atoms with Crippen LogP contribution in [-0.2, 0) is 11.3 Å². The predicted octanol–water partition coefficient (Wildman–Crippen LogP) is 1.88. The van der Waals surface area contributed by atoms with Crippen LogP contribution in [0.15, 0.2) is 18.5 Å². The molecule has 3 rings (SSSR count). The van der Waals surface area contributed by atoms with Gasteiger partial charge in [-0.2, -0.15) is 0 Å². The van der Waals surface area contributed by atoms with Crippen LogP contribution in [0, 0.1) is 11.6 Å². The molecule has 0 bridgehead atoms. The molecule has 1 fully saturated rings. The monoisotopic (exact) mass is 396 g/mol. The second-order valence-corrected chi connectivity index (χ2v) is 6.20. The quantitative estimate of drug-likeness (QED) is 0.732. The van der Waals surface area contributed by atoms with Gasteiger partial charge in [0, 0.05) is 18.7 Å². The summed E-state index contributed by atoms with van der Waals surface area (Å²) >= 11 is 0. The van der Waals surface area contributed by atoms with Crippen molar-refractivity contribution in [3.63, 3.8) is 0 Å². The van der Waals surface area contributed by atoms with Crippen LogP contribution in [0.5, 0.6) is 17.2 Å². The largest absolute Gasteiger partial charge is 0.494 e. The molecular weight excluding hydrogens is 374 g/mol. The SMILES string of the molecule is COc1cc(OC)c(F)c(COc2cnc(NC3COCC[C@@H]3N)nc2)c1F. The molecule has 1 aromatic carbocycles. The van der Waals surface area contributed by atoms with E-state index in [0.717, 1.165) is 12.5 Å². The minimum Gasteiger partial charge on any atom is -0.494 e. The predicted molar refractivity (Wildman–Crippen MR) is 96.6 cm³/mol. The van der Waals surface area contributed by atoms with Crippen LogP contribution >= 0.6 is 0 Å². The summed E-state index contributed by atoms with van der Waals surface area (Å²) in [5.41, 5.74) is 5.71. The summed E-state index contributed by atoms with van der Waals surface area (Å²) in [5, 5.41) is 3.10. The highest BCUT2D eigenvalue weighted by molar-refractivity contribution is 5.41. The fourth-order valence-electron chi connectivity index (χ4n) is 2.75. The van der Waals surface area contributed by atoms with Crippen molar-refractivity contribution in [1.29, 1.82) is 0 Å². The van der Waals surface area contributed by atoms with Crippen LogP contribution in [0.1, 0.15) is 12.0 Å². The van der Waals surface area contributed by atoms with E-state index >= 15 is 0 Å². The third-order valence-corrected chi connectivity index (χ3v) is 4.40. The second-order valence-electron chi connectivity index (χ2n) is 6.20. The molecule has 1 aliphatic rings. The van der Waals surface area contributed by atoms with E-state index in [-0.39, 0.29) is 41.5 Å². The lowest BCUT2D eigenvalue weighted by Crippen LogP contribution is -2.47. The van der Waals surface area contributed by atoms with E-state index in [1.54, 1.807) is 0 Å². The number of nitrogens with two attached hydrogens (primary N) is 1. The van der Waals surface area contributed by atoms with Crippen molar-refractivity contribution >= 4 is 5.95 Å². The summed E-state index contributed by atoms with van der Waals surface area (Å²) in [5.74, 6) is -1.39. The molecule has 0 aliphatic carbocycles. The van der Waals surface area contributed by atoms with Crippen molar-refractivity contribution < 1.29 is 27.7 Å². The van der Waals surface area contributed by atoms with Crippen molar-refractivity contribution in [3.05, 3.63) is 35.7 Å². The zero-order valence-corrected chi connectivity index (χ0v) is 15.6. The van der Waals surface area contributed by atoms with E-state index in [1.165, 1.54) is 26.6 Å². The lowest BCUT2D eigenvalue weighted by Gasteiger charge is -2.29. The number of aromatic nitrogens is 2. The Hall–Kier alpha value is -2.72. The first-order valence-corrected chi connectivity index (χ1v) is 8.67. The van der Waals surface area contributed by atoms with Crippen molar-refractivity contribution in [2.45, 2.75) is 25.1 Å². The molecule has 0 saturated carbocycles. The van der Waals surface area contributed by atoms with Crippen molar-refractivity contribution in [1.82, 2.24) is 9.97 Å². The second kappa shape index (κ2) is 8.98. The molecule has 1 aromatic heterocycles. The molecular formula is C18H22F2N4O4. The highest BCUT2D eigenvalue weighted by atomic mass is 19.1. The van der Waals surface area contributed by atoms with Gasteiger partial charge in [-0.1, -0.05) is 0 Å². The Labute approximate surface area is 161 Å². The number of hydrogen-bond acceptors (Lipinski definition) is 8. The molecule has 2 aromatic rings. The number of methoxy groups -OCH3 is 2. The third kappa shape index (κ3) is 4.39. The molecule has 1 saturated heterocycles. The average molecular weight is 396 g/mol. The highest BCUT2D eigenvalue weighted by Crippen LogP contribution is 2.31. The molecule has 3 N–H and O–H groups in total. The van der Waals surface area contributed by atoms with Gasteiger partial charge in [0.25, 0.3) is 0 Å². The number of nitrogens with one attached hydrogen (secondary N) is 1. The van der Waals surface area contributed by atoms with Gasteiger partial charge in [-0.05, 0) is 6.42 Å². The highest BCUT2D eigenvalue weighted by Gasteiger charge is 2.23. The Morgan fingerprint density at radius 1 is 1.18 bits per heavy atom. The van der Waals surface area contributed by atoms with Gasteiger partial charge in [0.1, 0.15) is 6.61 Å². The summed E-state index contributed by atoms with van der Waals surface area (Å²) in [4.78, 5) is 8.27. The maximum absolute atomic E-state index is 14.3. The van der Waals surface area contributed by atoms with Gasteiger partial charge in [-0.25, -0.2) is 18.7 Å². The number of hydrogen-bond donors (Lipinski definition) is 2. The first kappa shape index (κ1) is 20.0. The van der Waals surface area contributed by atoms with E-state index in [0.29, 0.717) is 19.2 Å². The van der Waals surface area contributed by atoms with E-state index in [2.05, 4.69) is 15.3 Å². The zero-order valence-electron chi connectivity index (χ0n) is 15.6. The van der Waals surface area contributed by atoms with E-state index in [4.69, 9.17) is 24.7 Å². The van der Waals surface area contributed by atoms with Gasteiger partial charge in [-0.3, -0.25) is 0 Å². The molecule has 1 aliphatic heterocycles. The number of anilines is 1. The van der Waals surface area contributed by atoms with Crippen molar-refractivity contribution in [2.24, 2.45) is 5.73 Å². The zero-order chi connectivity index (χ0) is 20.1. The molecule has 1 unspecified atom stereocenters. The topological polar surface area (TPSA) is 101 Å². The standard InChI is InChI=1S/C18H22F2N4O4/c1-25-14-5-15(26-2)17(20)11(16(14)19)8-28-10-6-22-18(23-7-10)24-13-9-27-4-3-12(13)21/h5-7,12-13H,3-4,8-9,21H2,1-2H3,(H,22,23,24)/t12-,13?/m0/s1. The fraction of sp³-hybridized carbons (Fsp3) is 0.444. The van der Waals surface area contributed by atoms with E-state index in [1.807, 2.05) is 0 Å². The molecule has 10 heteroatoms. The van der Waals surface area contributed by atoms with Crippen LogP contribution in [0.4, 0.5) is 14.7 Å². The summed E-state index contributed by atoms with van der Waals surface area (Å²) < 4.78 is 49.3. The maximum Gasteiger partial charge on any atom is 0.223 e. The number of ether oxygens (including phenoxy) is 4. The molecule has 0 amide bonds. The van der Waals surface area contributed by atoms with E-state index in [9.17, 15) is 8.78 Å². The van der Waals surface area contributed by atoms with Crippen molar-refractivity contribution in [3.8, 4) is 17.2 Å². The number of halogens is 2. The molecule has 0 spiro atoms. The summed E-state index contributed by atoms with van der Waals surface area (Å²) in [6, 6.07) is 0.993. The van der Waals surface area contributed by atoms with Crippen LogP contribution in [0.3, 0.4) is 0 Å². The Kier molecular flexibility index (Phi) is 6.42. The molecule has 2 atom stereocenters. The summed E-state index contributed by atoms with van der Waals surface area (Å²) in [6.45, 7) is 0.719. The maximum atomic E-state index is 14.3. The summed E-state index contributed by atoms with van der Waals surface area (Å²) in [6.07, 6.45) is 3.55. The molecule has 28 heavy (non-hydrogen) atoms. The van der Waals surface area contributed by atoms with Crippen LogP contribution in [0.2, 0.25) is 0 Å². The molecule has 8 nitrogen and oxygen atoms in total. The van der Waals surface area contributed by atoms with Gasteiger partial charge >= 0.3 is 0 Å². The first-order chi connectivity index (χ1) is 13.5. The minimum absolute atomic E-state index is 0.0535. The molecule has 0 radical (unpaired) electrons. The fourth-order valence-corrected chi connectivity index (χ4v) is 2.75. The smallest absolute Gasteiger partial charge is 0.223 e. The van der Waals surface area contributed by atoms with Crippen molar-refractivity contribution in [2.75, 3.05) is 32.8 Å². The van der Waals surface area contributed by atoms with Gasteiger partial charge in [-0.15, -0.1) is 0 Å². The Balaban J connectivity index is 1.67. The van der Waals surface area contributed by atoms with Gasteiger partial charge in [0.2, 0.25) is 5.95 Å². The normalized spacial score (nSPS) is 19.2. The minimum atomic E-state index is -0.855. The number of rotatable bonds is 7. The Morgan fingerprint density at radius 3 is 2.39 bits per heavy atom. The molecule has 2 heterocycles. The number of nitrogens with zero attached hydrogens (tertiary/aromatic N) is 2.